The van der Waals surface area contributed by atoms with Gasteiger partial charge in [0.1, 0.15) is 0 Å². The number of piperidine rings is 1. The van der Waals surface area contributed by atoms with E-state index in [4.69, 9.17) is 9.26 Å². The van der Waals surface area contributed by atoms with Gasteiger partial charge in [-0.1, -0.05) is 19.0 Å². The highest BCUT2D eigenvalue weighted by Crippen LogP contribution is 2.31. The van der Waals surface area contributed by atoms with Crippen LogP contribution in [-0.2, 0) is 14.9 Å². The molecule has 0 N–H and O–H groups in total. The van der Waals surface area contributed by atoms with Crippen molar-refractivity contribution in [2.24, 2.45) is 0 Å². The maximum absolute atomic E-state index is 13.0. The summed E-state index contributed by atoms with van der Waals surface area (Å²) in [5.41, 5.74) is 0. The van der Waals surface area contributed by atoms with Crippen LogP contribution in [0.2, 0.25) is 0 Å². The standard InChI is InChI=1S/C16H28N4O4S/c1-12(2)15-17-16(24-18-15)13-6-9-19(10-7-13)25(21,22)20-8-4-5-14(20)11-23-3/h12-14H,4-11H2,1-3H3. The molecule has 3 heterocycles. The van der Waals surface area contributed by atoms with E-state index in [0.29, 0.717) is 50.8 Å². The predicted octanol–water partition coefficient (Wildman–Crippen LogP) is 1.73. The molecule has 0 aliphatic carbocycles. The van der Waals surface area contributed by atoms with Gasteiger partial charge in [0.05, 0.1) is 6.61 Å². The Hall–Kier alpha value is -1.03. The Labute approximate surface area is 149 Å². The van der Waals surface area contributed by atoms with E-state index in [-0.39, 0.29) is 17.9 Å². The second-order valence-electron chi connectivity index (χ2n) is 7.19. The van der Waals surface area contributed by atoms with Crippen LogP contribution >= 0.6 is 0 Å². The summed E-state index contributed by atoms with van der Waals surface area (Å²) in [6.07, 6.45) is 3.18. The van der Waals surface area contributed by atoms with E-state index in [1.807, 2.05) is 13.8 Å². The minimum atomic E-state index is -3.43. The van der Waals surface area contributed by atoms with Gasteiger partial charge in [0.15, 0.2) is 5.82 Å². The SMILES string of the molecule is COCC1CCCN1S(=O)(=O)N1CCC(c2nc(C(C)C)no2)CC1. The average molecular weight is 372 g/mol. The van der Waals surface area contributed by atoms with Gasteiger partial charge < -0.3 is 9.26 Å². The van der Waals surface area contributed by atoms with Crippen LogP contribution in [0.25, 0.3) is 0 Å². The Kier molecular flexibility index (Phi) is 5.77. The molecule has 0 bridgehead atoms. The summed E-state index contributed by atoms with van der Waals surface area (Å²) in [6, 6.07) is -0.0442. The maximum Gasteiger partial charge on any atom is 0.282 e. The van der Waals surface area contributed by atoms with Crippen LogP contribution in [-0.4, -0.2) is 66.6 Å². The first-order valence-corrected chi connectivity index (χ1v) is 10.4. The molecule has 2 aliphatic heterocycles. The number of hydrogen-bond donors (Lipinski definition) is 0. The van der Waals surface area contributed by atoms with Gasteiger partial charge in [-0.3, -0.25) is 0 Å². The molecule has 1 atom stereocenters. The fourth-order valence-electron chi connectivity index (χ4n) is 3.60. The molecule has 1 unspecified atom stereocenters. The minimum absolute atomic E-state index is 0.0442. The number of ether oxygens (including phenoxy) is 1. The number of rotatable bonds is 6. The first-order valence-electron chi connectivity index (χ1n) is 9.02. The van der Waals surface area contributed by atoms with Crippen molar-refractivity contribution >= 4 is 10.2 Å². The van der Waals surface area contributed by atoms with E-state index in [9.17, 15) is 8.42 Å². The highest BCUT2D eigenvalue weighted by Gasteiger charge is 2.40. The minimum Gasteiger partial charge on any atom is -0.383 e. The topological polar surface area (TPSA) is 88.8 Å². The molecular weight excluding hydrogens is 344 g/mol. The van der Waals surface area contributed by atoms with Gasteiger partial charge in [-0.05, 0) is 25.7 Å². The number of hydrogen-bond acceptors (Lipinski definition) is 6. The Balaban J connectivity index is 1.63. The Bertz CT molecular complexity index is 667. The monoisotopic (exact) mass is 372 g/mol. The normalized spacial score (nSPS) is 24.4. The van der Waals surface area contributed by atoms with Gasteiger partial charge in [-0.25, -0.2) is 0 Å². The van der Waals surface area contributed by atoms with Crippen molar-refractivity contribution < 1.29 is 17.7 Å². The first kappa shape index (κ1) is 18.8. The zero-order valence-corrected chi connectivity index (χ0v) is 16.0. The maximum atomic E-state index is 13.0. The van der Waals surface area contributed by atoms with Gasteiger partial charge in [0.2, 0.25) is 5.89 Å². The third-order valence-electron chi connectivity index (χ3n) is 5.08. The molecule has 142 valence electrons. The van der Waals surface area contributed by atoms with Crippen molar-refractivity contribution in [3.63, 3.8) is 0 Å². The molecule has 0 amide bonds. The van der Waals surface area contributed by atoms with Crippen LogP contribution in [0.1, 0.15) is 63.1 Å². The van der Waals surface area contributed by atoms with Crippen molar-refractivity contribution in [2.45, 2.75) is 57.4 Å². The fourth-order valence-corrected chi connectivity index (χ4v) is 5.47. The largest absolute Gasteiger partial charge is 0.383 e. The molecule has 2 aliphatic rings. The van der Waals surface area contributed by atoms with Crippen molar-refractivity contribution in [3.8, 4) is 0 Å². The summed E-state index contributed by atoms with van der Waals surface area (Å²) in [5, 5.41) is 4.01. The Morgan fingerprint density at radius 3 is 2.56 bits per heavy atom. The van der Waals surface area contributed by atoms with Gasteiger partial charge in [-0.15, -0.1) is 0 Å². The molecule has 1 aromatic rings. The van der Waals surface area contributed by atoms with Crippen LogP contribution in [0.4, 0.5) is 0 Å². The molecule has 3 rings (SSSR count). The predicted molar refractivity (Wildman–Crippen MR) is 92.5 cm³/mol. The molecule has 0 radical (unpaired) electrons. The van der Waals surface area contributed by atoms with Crippen LogP contribution in [0.15, 0.2) is 4.52 Å². The lowest BCUT2D eigenvalue weighted by Crippen LogP contribution is -2.49. The van der Waals surface area contributed by atoms with Gasteiger partial charge in [0.25, 0.3) is 10.2 Å². The summed E-state index contributed by atoms with van der Waals surface area (Å²) >= 11 is 0. The van der Waals surface area contributed by atoms with E-state index in [2.05, 4.69) is 10.1 Å². The lowest BCUT2D eigenvalue weighted by atomic mass is 9.98. The average Bonchev–Trinajstić information content (AvgIpc) is 3.25. The summed E-state index contributed by atoms with van der Waals surface area (Å²) < 4.78 is 39.7. The highest BCUT2D eigenvalue weighted by atomic mass is 32.2. The molecule has 0 saturated carbocycles. The molecular formula is C16H28N4O4S. The summed E-state index contributed by atoms with van der Waals surface area (Å²) in [6.45, 7) is 6.06. The third-order valence-corrected chi connectivity index (χ3v) is 7.17. The second-order valence-corrected chi connectivity index (χ2v) is 9.07. The number of methoxy groups -OCH3 is 1. The quantitative estimate of drug-likeness (QED) is 0.755. The summed E-state index contributed by atoms with van der Waals surface area (Å²) in [5.74, 6) is 1.72. The van der Waals surface area contributed by atoms with Gasteiger partial charge in [0, 0.05) is 44.6 Å². The zero-order valence-electron chi connectivity index (χ0n) is 15.2. The number of aromatic nitrogens is 2. The zero-order chi connectivity index (χ0) is 18.0. The van der Waals surface area contributed by atoms with E-state index in [0.717, 1.165) is 12.8 Å². The van der Waals surface area contributed by atoms with Crippen LogP contribution in [0, 0.1) is 0 Å². The molecule has 25 heavy (non-hydrogen) atoms. The van der Waals surface area contributed by atoms with E-state index in [1.54, 1.807) is 15.7 Å². The Morgan fingerprint density at radius 1 is 1.24 bits per heavy atom. The summed E-state index contributed by atoms with van der Waals surface area (Å²) in [7, 11) is -1.81. The van der Waals surface area contributed by atoms with Crippen molar-refractivity contribution in [3.05, 3.63) is 11.7 Å². The molecule has 8 nitrogen and oxygen atoms in total. The smallest absolute Gasteiger partial charge is 0.282 e. The van der Waals surface area contributed by atoms with Crippen LogP contribution < -0.4 is 0 Å². The molecule has 1 aromatic heterocycles. The molecule has 9 heteroatoms. The fraction of sp³-hybridized carbons (Fsp3) is 0.875. The lowest BCUT2D eigenvalue weighted by molar-refractivity contribution is 0.144. The van der Waals surface area contributed by atoms with Crippen molar-refractivity contribution in [1.82, 2.24) is 18.8 Å². The van der Waals surface area contributed by atoms with Crippen molar-refractivity contribution in [1.29, 1.82) is 0 Å². The molecule has 2 fully saturated rings. The highest BCUT2D eigenvalue weighted by molar-refractivity contribution is 7.86. The summed E-state index contributed by atoms with van der Waals surface area (Å²) in [4.78, 5) is 4.46. The Morgan fingerprint density at radius 2 is 1.96 bits per heavy atom. The molecule has 2 saturated heterocycles. The van der Waals surface area contributed by atoms with Gasteiger partial charge >= 0.3 is 0 Å². The second kappa shape index (κ2) is 7.69. The molecule has 0 spiro atoms. The molecule has 0 aromatic carbocycles. The van der Waals surface area contributed by atoms with Gasteiger partial charge in [-0.2, -0.15) is 22.0 Å². The first-order chi connectivity index (χ1) is 11.9. The van der Waals surface area contributed by atoms with E-state index >= 15 is 0 Å². The van der Waals surface area contributed by atoms with E-state index < -0.39 is 10.2 Å². The lowest BCUT2D eigenvalue weighted by Gasteiger charge is -2.34. The van der Waals surface area contributed by atoms with E-state index in [1.165, 1.54) is 0 Å². The third kappa shape index (κ3) is 3.89. The van der Waals surface area contributed by atoms with Crippen LogP contribution in [0.3, 0.4) is 0 Å². The van der Waals surface area contributed by atoms with Crippen LogP contribution in [0.5, 0.6) is 0 Å². The number of nitrogens with zero attached hydrogens (tertiary/aromatic N) is 4. The van der Waals surface area contributed by atoms with Crippen molar-refractivity contribution in [2.75, 3.05) is 33.4 Å².